The molecule has 0 radical (unpaired) electrons. The Morgan fingerprint density at radius 1 is 1.08 bits per heavy atom. The van der Waals surface area contributed by atoms with E-state index in [1.54, 1.807) is 0 Å². The van der Waals surface area contributed by atoms with Crippen molar-refractivity contribution in [3.05, 3.63) is 70.8 Å². The van der Waals surface area contributed by atoms with Gasteiger partial charge < -0.3 is 15.2 Å². The quantitative estimate of drug-likeness (QED) is 0.544. The highest BCUT2D eigenvalue weighted by Crippen LogP contribution is 2.37. The van der Waals surface area contributed by atoms with Gasteiger partial charge in [-0.25, -0.2) is 9.66 Å². The Balaban J connectivity index is 1.77. The van der Waals surface area contributed by atoms with Crippen molar-refractivity contribution in [3.63, 3.8) is 0 Å². The summed E-state index contributed by atoms with van der Waals surface area (Å²) in [4.78, 5) is 4.61. The van der Waals surface area contributed by atoms with Crippen molar-refractivity contribution in [2.45, 2.75) is 13.3 Å². The minimum Gasteiger partial charge on any atom is -0.454 e. The van der Waals surface area contributed by atoms with Gasteiger partial charge in [-0.1, -0.05) is 12.1 Å². The summed E-state index contributed by atoms with van der Waals surface area (Å²) >= 11 is 0. The molecule has 124 valence electrons. The zero-order valence-electron chi connectivity index (χ0n) is 13.7. The van der Waals surface area contributed by atoms with Crippen molar-refractivity contribution in [2.24, 2.45) is 5.10 Å². The number of nitrogens with two attached hydrogens (primary N) is 1. The summed E-state index contributed by atoms with van der Waals surface area (Å²) in [5, 5.41) is 4.86. The number of ether oxygens (including phenoxy) is 2. The summed E-state index contributed by atoms with van der Waals surface area (Å²) < 4.78 is 13.0. The van der Waals surface area contributed by atoms with Crippen LogP contribution in [0.25, 0.3) is 0 Å². The van der Waals surface area contributed by atoms with Gasteiger partial charge in [0.25, 0.3) is 0 Å². The van der Waals surface area contributed by atoms with Gasteiger partial charge in [-0.05, 0) is 36.8 Å². The number of aromatic nitrogens is 2. The topological polar surface area (TPSA) is 74.7 Å². The number of hydrogen-bond acceptors (Lipinski definition) is 5. The molecule has 1 aromatic heterocycles. The Labute approximate surface area is 144 Å². The molecular weight excluding hydrogens is 316 g/mol. The van der Waals surface area contributed by atoms with Crippen molar-refractivity contribution in [3.8, 4) is 11.5 Å². The monoisotopic (exact) mass is 332 g/mol. The van der Waals surface area contributed by atoms with Gasteiger partial charge in [-0.3, -0.25) is 0 Å². The number of anilines is 1. The molecule has 6 nitrogen and oxygen atoms in total. The lowest BCUT2D eigenvalue weighted by atomic mass is 9.95. The fraction of sp³-hybridized carbons (Fsp3) is 0.158. The van der Waals surface area contributed by atoms with Crippen molar-refractivity contribution in [1.29, 1.82) is 0 Å². The molecule has 0 aliphatic carbocycles. The maximum Gasteiger partial charge on any atom is 0.231 e. The zero-order chi connectivity index (χ0) is 17.0. The first-order chi connectivity index (χ1) is 12.2. The Kier molecular flexibility index (Phi) is 2.88. The number of rotatable bonds is 1. The van der Waals surface area contributed by atoms with Gasteiger partial charge in [0.15, 0.2) is 11.5 Å². The summed E-state index contributed by atoms with van der Waals surface area (Å²) in [5.41, 5.74) is 11.5. The van der Waals surface area contributed by atoms with Crippen LogP contribution in [0.15, 0.2) is 47.7 Å². The van der Waals surface area contributed by atoms with Crippen LogP contribution in [-0.2, 0) is 6.42 Å². The van der Waals surface area contributed by atoms with Crippen LogP contribution in [-0.4, -0.2) is 22.2 Å². The molecule has 25 heavy (non-hydrogen) atoms. The van der Waals surface area contributed by atoms with Gasteiger partial charge >= 0.3 is 0 Å². The number of fused-ring (bicyclic) bond motifs is 3. The molecule has 0 amide bonds. The van der Waals surface area contributed by atoms with Gasteiger partial charge in [0.2, 0.25) is 6.79 Å². The smallest absolute Gasteiger partial charge is 0.231 e. The van der Waals surface area contributed by atoms with Gasteiger partial charge in [0.05, 0.1) is 17.6 Å². The van der Waals surface area contributed by atoms with E-state index in [4.69, 9.17) is 20.3 Å². The zero-order valence-corrected chi connectivity index (χ0v) is 13.7. The molecular formula is C19H16N4O2. The minimum absolute atomic E-state index is 0.250. The molecule has 3 aromatic rings. The molecule has 0 saturated carbocycles. The second-order valence-corrected chi connectivity index (χ2v) is 6.25. The Morgan fingerprint density at radius 3 is 2.64 bits per heavy atom. The Hall–Kier alpha value is -3.28. The maximum atomic E-state index is 5.84. The van der Waals surface area contributed by atoms with Crippen LogP contribution in [0.3, 0.4) is 0 Å². The Bertz CT molecular complexity index is 1020. The van der Waals surface area contributed by atoms with Crippen molar-refractivity contribution in [2.75, 3.05) is 12.5 Å². The van der Waals surface area contributed by atoms with Crippen LogP contribution in [0.5, 0.6) is 11.5 Å². The third-order valence-electron chi connectivity index (χ3n) is 4.47. The van der Waals surface area contributed by atoms with Gasteiger partial charge in [0, 0.05) is 23.2 Å². The molecule has 0 saturated heterocycles. The second kappa shape index (κ2) is 5.11. The summed E-state index contributed by atoms with van der Waals surface area (Å²) in [7, 11) is 0. The third-order valence-corrected chi connectivity index (χ3v) is 4.47. The van der Waals surface area contributed by atoms with E-state index < -0.39 is 0 Å². The largest absolute Gasteiger partial charge is 0.454 e. The number of aryl methyl sites for hydroxylation is 1. The molecule has 0 unspecified atom stereocenters. The van der Waals surface area contributed by atoms with Gasteiger partial charge in [-0.2, -0.15) is 5.10 Å². The summed E-state index contributed by atoms with van der Waals surface area (Å²) in [6.07, 6.45) is 2.63. The van der Waals surface area contributed by atoms with Crippen LogP contribution >= 0.6 is 0 Å². The van der Waals surface area contributed by atoms with Gasteiger partial charge in [-0.15, -0.1) is 0 Å². The summed E-state index contributed by atoms with van der Waals surface area (Å²) in [6.45, 7) is 2.22. The van der Waals surface area contributed by atoms with Crippen molar-refractivity contribution in [1.82, 2.24) is 9.66 Å². The highest BCUT2D eigenvalue weighted by atomic mass is 16.7. The molecule has 0 fully saturated rings. The highest BCUT2D eigenvalue weighted by Gasteiger charge is 2.24. The molecule has 0 bridgehead atoms. The van der Waals surface area contributed by atoms with E-state index in [9.17, 15) is 0 Å². The number of benzene rings is 2. The molecule has 0 spiro atoms. The van der Waals surface area contributed by atoms with E-state index in [1.807, 2.05) is 54.2 Å². The predicted molar refractivity (Wildman–Crippen MR) is 94.2 cm³/mol. The standard InChI is InChI=1S/C19H16N4O2/c1-11-9-23-18(21-11)7-13-6-16-17(25-10-24-16)8-15(13)19(22-23)12-2-4-14(20)5-3-12/h2-6,8-9H,7,10,20H2,1H3. The highest BCUT2D eigenvalue weighted by molar-refractivity contribution is 6.14. The van der Waals surface area contributed by atoms with Crippen LogP contribution < -0.4 is 15.2 Å². The third kappa shape index (κ3) is 2.26. The fourth-order valence-corrected chi connectivity index (χ4v) is 3.28. The number of hydrogen-bond donors (Lipinski definition) is 1. The lowest BCUT2D eigenvalue weighted by Crippen LogP contribution is -2.07. The molecule has 2 aromatic carbocycles. The predicted octanol–water partition coefficient (Wildman–Crippen LogP) is 2.71. The second-order valence-electron chi connectivity index (χ2n) is 6.25. The van der Waals surface area contributed by atoms with Crippen LogP contribution in [0, 0.1) is 6.92 Å². The molecule has 0 atom stereocenters. The minimum atomic E-state index is 0.250. The average Bonchev–Trinajstić information content (AvgIpc) is 3.15. The number of imidazole rings is 1. The molecule has 2 aliphatic rings. The summed E-state index contributed by atoms with van der Waals surface area (Å²) in [5.74, 6) is 2.42. The summed E-state index contributed by atoms with van der Waals surface area (Å²) in [6, 6.07) is 11.8. The SMILES string of the molecule is Cc1cn2c(n1)Cc1cc3c(cc1C(c1ccc(N)cc1)=N2)OCO3. The lowest BCUT2D eigenvalue weighted by molar-refractivity contribution is 0.174. The van der Waals surface area contributed by atoms with Gasteiger partial charge in [0.1, 0.15) is 5.82 Å². The number of nitrogen functional groups attached to an aromatic ring is 1. The van der Waals surface area contributed by atoms with E-state index in [0.717, 1.165) is 51.1 Å². The average molecular weight is 332 g/mol. The molecule has 2 N–H and O–H groups in total. The number of nitrogens with zero attached hydrogens (tertiary/aromatic N) is 3. The van der Waals surface area contributed by atoms with Crippen LogP contribution in [0.2, 0.25) is 0 Å². The van der Waals surface area contributed by atoms with E-state index in [1.165, 1.54) is 0 Å². The lowest BCUT2D eigenvalue weighted by Gasteiger charge is -2.11. The first kappa shape index (κ1) is 14.1. The van der Waals surface area contributed by atoms with Crippen molar-refractivity contribution < 1.29 is 9.47 Å². The first-order valence-corrected chi connectivity index (χ1v) is 8.10. The fourth-order valence-electron chi connectivity index (χ4n) is 3.28. The molecule has 5 rings (SSSR count). The molecule has 3 heterocycles. The molecule has 6 heteroatoms. The Morgan fingerprint density at radius 2 is 1.84 bits per heavy atom. The van der Waals surface area contributed by atoms with E-state index in [0.29, 0.717) is 6.42 Å². The maximum absolute atomic E-state index is 5.84. The first-order valence-electron chi connectivity index (χ1n) is 8.10. The normalized spacial score (nSPS) is 14.5. The molecule has 2 aliphatic heterocycles. The van der Waals surface area contributed by atoms with E-state index in [-0.39, 0.29) is 6.79 Å². The van der Waals surface area contributed by atoms with E-state index >= 15 is 0 Å². The van der Waals surface area contributed by atoms with Crippen LogP contribution in [0.1, 0.15) is 28.2 Å². The van der Waals surface area contributed by atoms with Crippen LogP contribution in [0.4, 0.5) is 5.69 Å². The van der Waals surface area contributed by atoms with E-state index in [2.05, 4.69) is 4.98 Å². The van der Waals surface area contributed by atoms with Crippen molar-refractivity contribution >= 4 is 11.4 Å².